The van der Waals surface area contributed by atoms with E-state index in [0.717, 1.165) is 0 Å². The highest BCUT2D eigenvalue weighted by Crippen LogP contribution is 2.36. The summed E-state index contributed by atoms with van der Waals surface area (Å²) >= 11 is 5.53. The standard InChI is InChI=1S/C8H8ClF3/c1-5-2-6(8(10,11)12)4-7(9)3-5/h2-3,6H,4H2,1H3. The van der Waals surface area contributed by atoms with E-state index in [9.17, 15) is 13.2 Å². The first kappa shape index (κ1) is 9.65. The Morgan fingerprint density at radius 2 is 2.08 bits per heavy atom. The molecule has 4 heteroatoms. The van der Waals surface area contributed by atoms with Crippen molar-refractivity contribution in [2.75, 3.05) is 0 Å². The summed E-state index contributed by atoms with van der Waals surface area (Å²) in [6.07, 6.45) is -1.53. The van der Waals surface area contributed by atoms with Crippen molar-refractivity contribution < 1.29 is 13.2 Å². The second-order valence-corrected chi connectivity index (χ2v) is 3.34. The molecule has 0 heterocycles. The van der Waals surface area contributed by atoms with Crippen LogP contribution in [0.5, 0.6) is 0 Å². The number of allylic oxidation sites excluding steroid dienone is 4. The van der Waals surface area contributed by atoms with E-state index in [1.165, 1.54) is 6.08 Å². The first-order valence-corrected chi connectivity index (χ1v) is 3.88. The van der Waals surface area contributed by atoms with E-state index in [4.69, 9.17) is 11.6 Å². The van der Waals surface area contributed by atoms with Gasteiger partial charge in [-0.1, -0.05) is 23.3 Å². The highest BCUT2D eigenvalue weighted by atomic mass is 35.5. The number of alkyl halides is 3. The molecule has 0 aromatic carbocycles. The van der Waals surface area contributed by atoms with Crippen LogP contribution < -0.4 is 0 Å². The van der Waals surface area contributed by atoms with E-state index >= 15 is 0 Å². The number of hydrogen-bond acceptors (Lipinski definition) is 0. The molecule has 1 rings (SSSR count). The zero-order valence-electron chi connectivity index (χ0n) is 6.45. The van der Waals surface area contributed by atoms with Crippen molar-refractivity contribution in [3.63, 3.8) is 0 Å². The van der Waals surface area contributed by atoms with Gasteiger partial charge < -0.3 is 0 Å². The summed E-state index contributed by atoms with van der Waals surface area (Å²) in [5.74, 6) is -1.41. The monoisotopic (exact) mass is 196 g/mol. The largest absolute Gasteiger partial charge is 0.395 e. The highest BCUT2D eigenvalue weighted by molar-refractivity contribution is 6.29. The van der Waals surface area contributed by atoms with Crippen molar-refractivity contribution in [3.05, 3.63) is 22.8 Å². The minimum Gasteiger partial charge on any atom is -0.170 e. The van der Waals surface area contributed by atoms with Crippen LogP contribution in [0.4, 0.5) is 13.2 Å². The molecular formula is C8H8ClF3. The Bertz CT molecular complexity index is 237. The van der Waals surface area contributed by atoms with Gasteiger partial charge in [-0.2, -0.15) is 13.2 Å². The fourth-order valence-electron chi connectivity index (χ4n) is 1.15. The molecule has 1 aliphatic carbocycles. The molecule has 68 valence electrons. The molecule has 0 saturated heterocycles. The Morgan fingerprint density at radius 3 is 2.50 bits per heavy atom. The first-order chi connectivity index (χ1) is 5.39. The van der Waals surface area contributed by atoms with Crippen LogP contribution in [-0.4, -0.2) is 6.18 Å². The summed E-state index contributed by atoms with van der Waals surface area (Å²) in [6, 6.07) is 0. The summed E-state index contributed by atoms with van der Waals surface area (Å²) in [5, 5.41) is 0.275. The predicted molar refractivity (Wildman–Crippen MR) is 41.9 cm³/mol. The van der Waals surface area contributed by atoms with E-state index in [-0.39, 0.29) is 11.5 Å². The Hall–Kier alpha value is -0.440. The molecule has 0 fully saturated rings. The normalized spacial score (nSPS) is 24.9. The van der Waals surface area contributed by atoms with E-state index in [1.54, 1.807) is 13.0 Å². The summed E-state index contributed by atoms with van der Waals surface area (Å²) in [7, 11) is 0. The van der Waals surface area contributed by atoms with E-state index in [2.05, 4.69) is 0 Å². The van der Waals surface area contributed by atoms with Crippen molar-refractivity contribution >= 4 is 11.6 Å². The van der Waals surface area contributed by atoms with Gasteiger partial charge in [-0.15, -0.1) is 0 Å². The molecule has 12 heavy (non-hydrogen) atoms. The molecule has 0 N–H and O–H groups in total. The molecule has 0 nitrogen and oxygen atoms in total. The maximum atomic E-state index is 12.2. The average Bonchev–Trinajstić information content (AvgIpc) is 1.82. The molecule has 1 aliphatic rings. The lowest BCUT2D eigenvalue weighted by Gasteiger charge is -2.20. The fraction of sp³-hybridized carbons (Fsp3) is 0.500. The Kier molecular flexibility index (Phi) is 2.52. The Morgan fingerprint density at radius 1 is 1.50 bits per heavy atom. The van der Waals surface area contributed by atoms with Crippen molar-refractivity contribution in [3.8, 4) is 0 Å². The highest BCUT2D eigenvalue weighted by Gasteiger charge is 2.39. The third kappa shape index (κ3) is 2.27. The quantitative estimate of drug-likeness (QED) is 0.555. The molecule has 0 aliphatic heterocycles. The van der Waals surface area contributed by atoms with Crippen LogP contribution in [-0.2, 0) is 0 Å². The molecule has 1 unspecified atom stereocenters. The van der Waals surface area contributed by atoms with Crippen molar-refractivity contribution in [2.24, 2.45) is 5.92 Å². The summed E-state index contributed by atoms with van der Waals surface area (Å²) in [4.78, 5) is 0. The average molecular weight is 197 g/mol. The van der Waals surface area contributed by atoms with Gasteiger partial charge >= 0.3 is 6.18 Å². The summed E-state index contributed by atoms with van der Waals surface area (Å²) in [5.41, 5.74) is 0.577. The van der Waals surface area contributed by atoms with Gasteiger partial charge in [-0.05, 0) is 19.4 Å². The van der Waals surface area contributed by atoms with Gasteiger partial charge in [-0.25, -0.2) is 0 Å². The smallest absolute Gasteiger partial charge is 0.170 e. The van der Waals surface area contributed by atoms with Gasteiger partial charge in [0, 0.05) is 5.03 Å². The second-order valence-electron chi connectivity index (χ2n) is 2.85. The Labute approximate surface area is 73.7 Å². The zero-order valence-corrected chi connectivity index (χ0v) is 7.21. The molecule has 1 atom stereocenters. The second kappa shape index (κ2) is 3.13. The van der Waals surface area contributed by atoms with Crippen LogP contribution in [0.1, 0.15) is 13.3 Å². The number of rotatable bonds is 0. The summed E-state index contributed by atoms with van der Waals surface area (Å²) in [6.45, 7) is 1.61. The number of halogens is 4. The third-order valence-corrected chi connectivity index (χ3v) is 1.95. The van der Waals surface area contributed by atoms with E-state index in [0.29, 0.717) is 5.57 Å². The maximum absolute atomic E-state index is 12.2. The van der Waals surface area contributed by atoms with Gasteiger partial charge in [0.05, 0.1) is 5.92 Å². The van der Waals surface area contributed by atoms with Crippen molar-refractivity contribution in [1.82, 2.24) is 0 Å². The SMILES string of the molecule is CC1=CC(C(F)(F)F)CC(Cl)=C1. The first-order valence-electron chi connectivity index (χ1n) is 3.51. The topological polar surface area (TPSA) is 0 Å². The van der Waals surface area contributed by atoms with Crippen LogP contribution in [0.3, 0.4) is 0 Å². The van der Waals surface area contributed by atoms with Gasteiger partial charge in [0.2, 0.25) is 0 Å². The van der Waals surface area contributed by atoms with Crippen LogP contribution in [0, 0.1) is 5.92 Å². The molecule has 0 amide bonds. The maximum Gasteiger partial charge on any atom is 0.395 e. The van der Waals surface area contributed by atoms with Gasteiger partial charge in [0.15, 0.2) is 0 Å². The molecular weight excluding hydrogens is 189 g/mol. The zero-order chi connectivity index (χ0) is 9.35. The van der Waals surface area contributed by atoms with Crippen LogP contribution in [0.2, 0.25) is 0 Å². The minimum atomic E-state index is -4.17. The fourth-order valence-corrected chi connectivity index (χ4v) is 1.49. The lowest BCUT2D eigenvalue weighted by molar-refractivity contribution is -0.160. The van der Waals surface area contributed by atoms with Gasteiger partial charge in [0.25, 0.3) is 0 Å². The third-order valence-electron chi connectivity index (χ3n) is 1.68. The van der Waals surface area contributed by atoms with Crippen LogP contribution in [0.15, 0.2) is 22.8 Å². The minimum absolute atomic E-state index is 0.123. The summed E-state index contributed by atoms with van der Waals surface area (Å²) < 4.78 is 36.5. The van der Waals surface area contributed by atoms with E-state index < -0.39 is 12.1 Å². The van der Waals surface area contributed by atoms with E-state index in [1.807, 2.05) is 0 Å². The number of hydrogen-bond donors (Lipinski definition) is 0. The van der Waals surface area contributed by atoms with Crippen LogP contribution in [0.25, 0.3) is 0 Å². The lowest BCUT2D eigenvalue weighted by atomic mass is 9.96. The molecule has 0 bridgehead atoms. The molecule has 0 saturated carbocycles. The molecule has 0 aromatic rings. The predicted octanol–water partition coefficient (Wildman–Crippen LogP) is 3.64. The van der Waals surface area contributed by atoms with Crippen LogP contribution >= 0.6 is 11.6 Å². The molecule has 0 spiro atoms. The van der Waals surface area contributed by atoms with Crippen molar-refractivity contribution in [1.29, 1.82) is 0 Å². The van der Waals surface area contributed by atoms with Crippen molar-refractivity contribution in [2.45, 2.75) is 19.5 Å². The van der Waals surface area contributed by atoms with Gasteiger partial charge in [0.1, 0.15) is 0 Å². The molecule has 0 aromatic heterocycles. The lowest BCUT2D eigenvalue weighted by Crippen LogP contribution is -2.22. The Balaban J connectivity index is 2.81. The van der Waals surface area contributed by atoms with Gasteiger partial charge in [-0.3, -0.25) is 0 Å². The molecule has 0 radical (unpaired) electrons.